The van der Waals surface area contributed by atoms with Crippen LogP contribution in [0.4, 0.5) is 5.69 Å². The molecule has 0 radical (unpaired) electrons. The Bertz CT molecular complexity index is 985. The Hall–Kier alpha value is -3.51. The van der Waals surface area contributed by atoms with Gasteiger partial charge in [-0.25, -0.2) is 0 Å². The summed E-state index contributed by atoms with van der Waals surface area (Å²) >= 11 is 5.20. The molecule has 0 spiro atoms. The van der Waals surface area contributed by atoms with E-state index in [9.17, 15) is 9.59 Å². The first-order valence-corrected chi connectivity index (χ1v) is 9.07. The van der Waals surface area contributed by atoms with E-state index in [1.165, 1.54) is 0 Å². The van der Waals surface area contributed by atoms with Crippen LogP contribution in [-0.2, 0) is 0 Å². The van der Waals surface area contributed by atoms with Crippen LogP contribution >= 0.6 is 12.2 Å². The predicted molar refractivity (Wildman–Crippen MR) is 115 cm³/mol. The third kappa shape index (κ3) is 4.81. The fraction of sp³-hybridized carbons (Fsp3) is 0.0455. The van der Waals surface area contributed by atoms with Crippen LogP contribution < -0.4 is 16.0 Å². The van der Waals surface area contributed by atoms with Crippen LogP contribution in [-0.4, -0.2) is 24.0 Å². The second kappa shape index (κ2) is 8.92. The highest BCUT2D eigenvalue weighted by molar-refractivity contribution is 7.80. The zero-order valence-corrected chi connectivity index (χ0v) is 16.0. The lowest BCUT2D eigenvalue weighted by atomic mass is 10.0. The molecule has 0 aliphatic heterocycles. The molecule has 0 bridgehead atoms. The minimum absolute atomic E-state index is 0.165. The van der Waals surface area contributed by atoms with Gasteiger partial charge in [-0.3, -0.25) is 14.9 Å². The van der Waals surface area contributed by atoms with E-state index in [0.717, 1.165) is 11.1 Å². The van der Waals surface area contributed by atoms with Crippen LogP contribution in [0.1, 0.15) is 20.7 Å². The molecule has 0 aliphatic rings. The van der Waals surface area contributed by atoms with Crippen LogP contribution in [0.5, 0.6) is 0 Å². The van der Waals surface area contributed by atoms with Crippen molar-refractivity contribution in [3.63, 3.8) is 0 Å². The van der Waals surface area contributed by atoms with Crippen molar-refractivity contribution in [3.8, 4) is 11.1 Å². The number of rotatable bonds is 4. The predicted octanol–water partition coefficient (Wildman–Crippen LogP) is 3.84. The summed E-state index contributed by atoms with van der Waals surface area (Å²) in [7, 11) is 1.57. The molecule has 6 heteroatoms. The van der Waals surface area contributed by atoms with E-state index in [1.807, 2.05) is 42.5 Å². The van der Waals surface area contributed by atoms with Gasteiger partial charge in [-0.2, -0.15) is 0 Å². The largest absolute Gasteiger partial charge is 0.355 e. The molecule has 0 aromatic heterocycles. The van der Waals surface area contributed by atoms with Crippen LogP contribution in [0.25, 0.3) is 11.1 Å². The molecular weight excluding hydrogens is 370 g/mol. The molecule has 3 N–H and O–H groups in total. The standard InChI is InChI=1S/C22H19N3O2S/c1-23-20(26)17-11-13-19(14-12-17)24-22(28)25-21(27)18-9-7-16(8-10-18)15-5-3-2-4-6-15/h2-14H,1H3,(H,23,26)(H2,24,25,27,28). The van der Waals surface area contributed by atoms with Gasteiger partial charge in [0.15, 0.2) is 5.11 Å². The zero-order chi connectivity index (χ0) is 19.9. The summed E-state index contributed by atoms with van der Waals surface area (Å²) in [4.78, 5) is 23.9. The molecule has 0 fully saturated rings. The molecule has 5 nitrogen and oxygen atoms in total. The molecule has 0 aliphatic carbocycles. The summed E-state index contributed by atoms with van der Waals surface area (Å²) in [6.07, 6.45) is 0. The van der Waals surface area contributed by atoms with Gasteiger partial charge in [0.2, 0.25) is 0 Å². The van der Waals surface area contributed by atoms with Crippen molar-refractivity contribution in [3.05, 3.63) is 90.0 Å². The molecule has 0 unspecified atom stereocenters. The summed E-state index contributed by atoms with van der Waals surface area (Å²) in [5.41, 5.74) is 3.86. The summed E-state index contributed by atoms with van der Waals surface area (Å²) in [5, 5.41) is 8.33. The van der Waals surface area contributed by atoms with Gasteiger partial charge in [0.05, 0.1) is 0 Å². The Morgan fingerprint density at radius 1 is 0.714 bits per heavy atom. The van der Waals surface area contributed by atoms with Gasteiger partial charge in [0, 0.05) is 23.9 Å². The van der Waals surface area contributed by atoms with Gasteiger partial charge in [-0.05, 0) is 59.7 Å². The van der Waals surface area contributed by atoms with Crippen LogP contribution in [0.2, 0.25) is 0 Å². The first-order valence-electron chi connectivity index (χ1n) is 8.67. The van der Waals surface area contributed by atoms with E-state index in [0.29, 0.717) is 16.8 Å². The monoisotopic (exact) mass is 389 g/mol. The van der Waals surface area contributed by atoms with Gasteiger partial charge in [0.1, 0.15) is 0 Å². The van der Waals surface area contributed by atoms with Gasteiger partial charge < -0.3 is 10.6 Å². The SMILES string of the molecule is CNC(=O)c1ccc(NC(=S)NC(=O)c2ccc(-c3ccccc3)cc2)cc1. The minimum Gasteiger partial charge on any atom is -0.355 e. The molecule has 3 aromatic rings. The minimum atomic E-state index is -0.293. The topological polar surface area (TPSA) is 70.2 Å². The highest BCUT2D eigenvalue weighted by Crippen LogP contribution is 2.19. The summed E-state index contributed by atoms with van der Waals surface area (Å²) in [5.74, 6) is -0.458. The smallest absolute Gasteiger partial charge is 0.257 e. The highest BCUT2D eigenvalue weighted by Gasteiger charge is 2.09. The molecule has 140 valence electrons. The van der Waals surface area contributed by atoms with E-state index in [1.54, 1.807) is 43.4 Å². The van der Waals surface area contributed by atoms with Crippen molar-refractivity contribution < 1.29 is 9.59 Å². The maximum atomic E-state index is 12.4. The molecule has 0 atom stereocenters. The number of hydrogen-bond acceptors (Lipinski definition) is 3. The van der Waals surface area contributed by atoms with Crippen molar-refractivity contribution in [2.45, 2.75) is 0 Å². The van der Waals surface area contributed by atoms with Crippen LogP contribution in [0, 0.1) is 0 Å². The summed E-state index contributed by atoms with van der Waals surface area (Å²) < 4.78 is 0. The highest BCUT2D eigenvalue weighted by atomic mass is 32.1. The van der Waals surface area contributed by atoms with Crippen molar-refractivity contribution >= 4 is 34.8 Å². The van der Waals surface area contributed by atoms with Crippen molar-refractivity contribution in [2.24, 2.45) is 0 Å². The Kier molecular flexibility index (Phi) is 6.14. The average Bonchev–Trinajstić information content (AvgIpc) is 2.74. The van der Waals surface area contributed by atoms with E-state index in [2.05, 4.69) is 16.0 Å². The number of amides is 2. The van der Waals surface area contributed by atoms with Crippen molar-refractivity contribution in [2.75, 3.05) is 12.4 Å². The fourth-order valence-electron chi connectivity index (χ4n) is 2.63. The Morgan fingerprint density at radius 2 is 1.25 bits per heavy atom. The lowest BCUT2D eigenvalue weighted by Gasteiger charge is -2.10. The number of benzene rings is 3. The number of hydrogen-bond donors (Lipinski definition) is 3. The summed E-state index contributed by atoms with van der Waals surface area (Å²) in [6.45, 7) is 0. The first-order chi connectivity index (χ1) is 13.6. The van der Waals surface area contributed by atoms with Crippen LogP contribution in [0.3, 0.4) is 0 Å². The molecule has 2 amide bonds. The second-order valence-corrected chi connectivity index (χ2v) is 6.42. The normalized spacial score (nSPS) is 10.0. The maximum absolute atomic E-state index is 12.4. The van der Waals surface area contributed by atoms with Gasteiger partial charge in [-0.15, -0.1) is 0 Å². The van der Waals surface area contributed by atoms with E-state index >= 15 is 0 Å². The molecule has 3 rings (SSSR count). The maximum Gasteiger partial charge on any atom is 0.257 e. The van der Waals surface area contributed by atoms with Crippen LogP contribution in [0.15, 0.2) is 78.9 Å². The Balaban J connectivity index is 1.59. The number of carbonyl (C=O) groups excluding carboxylic acids is 2. The molecule has 28 heavy (non-hydrogen) atoms. The van der Waals surface area contributed by atoms with Gasteiger partial charge in [0.25, 0.3) is 11.8 Å². The third-order valence-electron chi connectivity index (χ3n) is 4.11. The lowest BCUT2D eigenvalue weighted by Crippen LogP contribution is -2.34. The van der Waals surface area contributed by atoms with Crippen molar-refractivity contribution in [1.29, 1.82) is 0 Å². The summed E-state index contributed by atoms with van der Waals surface area (Å²) in [6, 6.07) is 24.1. The number of nitrogens with one attached hydrogen (secondary N) is 3. The number of carbonyl (C=O) groups is 2. The second-order valence-electron chi connectivity index (χ2n) is 6.01. The molecule has 0 heterocycles. The van der Waals surface area contributed by atoms with E-state index in [4.69, 9.17) is 12.2 Å². The fourth-order valence-corrected chi connectivity index (χ4v) is 2.84. The van der Waals surface area contributed by atoms with E-state index < -0.39 is 0 Å². The number of thiocarbonyl (C=S) groups is 1. The Labute approximate surface area is 168 Å². The zero-order valence-electron chi connectivity index (χ0n) is 15.2. The quantitative estimate of drug-likeness (QED) is 0.593. The Morgan fingerprint density at radius 3 is 1.86 bits per heavy atom. The van der Waals surface area contributed by atoms with Crippen molar-refractivity contribution in [1.82, 2.24) is 10.6 Å². The molecular formula is C22H19N3O2S. The lowest BCUT2D eigenvalue weighted by molar-refractivity contribution is 0.0959. The average molecular weight is 389 g/mol. The molecule has 0 saturated carbocycles. The van der Waals surface area contributed by atoms with Gasteiger partial charge in [-0.1, -0.05) is 42.5 Å². The molecule has 0 saturated heterocycles. The third-order valence-corrected chi connectivity index (χ3v) is 4.32. The first kappa shape index (κ1) is 19.3. The van der Waals surface area contributed by atoms with Gasteiger partial charge >= 0.3 is 0 Å². The van der Waals surface area contributed by atoms with E-state index in [-0.39, 0.29) is 16.9 Å². The number of anilines is 1. The molecule has 3 aromatic carbocycles.